The van der Waals surface area contributed by atoms with Gasteiger partial charge in [0.15, 0.2) is 18.3 Å². The van der Waals surface area contributed by atoms with Gasteiger partial charge in [0.05, 0.1) is 19.3 Å². The van der Waals surface area contributed by atoms with Crippen LogP contribution in [-0.2, 0) is 23.7 Å². The minimum absolute atomic E-state index is 0.0776. The molecule has 0 amide bonds. The molecule has 0 spiro atoms. The summed E-state index contributed by atoms with van der Waals surface area (Å²) in [6, 6.07) is 5.05. The number of rotatable bonds is 9. The van der Waals surface area contributed by atoms with Crippen LogP contribution in [0.5, 0.6) is 11.5 Å². The van der Waals surface area contributed by atoms with Gasteiger partial charge < -0.3 is 99.2 Å². The second-order valence-corrected chi connectivity index (χ2v) is 13.3. The molecular weight excluding hydrogens is 732 g/mol. The van der Waals surface area contributed by atoms with Crippen LogP contribution in [0.3, 0.4) is 0 Å². The third kappa shape index (κ3) is 7.47. The quantitative estimate of drug-likeness (QED) is 0.113. The summed E-state index contributed by atoms with van der Waals surface area (Å²) in [6.07, 6.45) is -28.4. The average molecular weight is 775 g/mol. The minimum atomic E-state index is -2.05. The maximum Gasteiger partial charge on any atom is 0.238 e. The molecule has 21 heteroatoms. The number of aromatic hydroxyl groups is 1. The molecule has 0 radical (unpaired) electrons. The molecule has 13 N–H and O–H groups in total. The van der Waals surface area contributed by atoms with Crippen LogP contribution in [0, 0.1) is 0 Å². The van der Waals surface area contributed by atoms with Gasteiger partial charge in [-0.15, -0.1) is 0 Å². The minimum Gasteiger partial charge on any atom is -0.508 e. The highest BCUT2D eigenvalue weighted by Crippen LogP contribution is 2.32. The number of phenolic OH excluding ortho intramolecular Hbond substituents is 1. The Morgan fingerprint density at radius 1 is 0.685 bits per heavy atom. The zero-order chi connectivity index (χ0) is 39.3. The van der Waals surface area contributed by atoms with Crippen molar-refractivity contribution in [3.63, 3.8) is 0 Å². The molecule has 0 unspecified atom stereocenters. The van der Waals surface area contributed by atoms with Gasteiger partial charge in [-0.25, -0.2) is 0 Å². The molecule has 300 valence electrons. The van der Waals surface area contributed by atoms with Crippen LogP contribution in [0.25, 0.3) is 23.2 Å². The van der Waals surface area contributed by atoms with Crippen LogP contribution < -0.4 is 20.8 Å². The van der Waals surface area contributed by atoms with Crippen LogP contribution in [0.15, 0.2) is 33.5 Å². The molecule has 1 aromatic heterocycles. The van der Waals surface area contributed by atoms with Crippen LogP contribution in [0.2, 0.25) is 0 Å². The van der Waals surface area contributed by atoms with Crippen LogP contribution in [-0.4, -0.2) is 184 Å². The summed E-state index contributed by atoms with van der Waals surface area (Å²) in [5, 5.41) is 134. The zero-order valence-electron chi connectivity index (χ0n) is 28.2. The summed E-state index contributed by atoms with van der Waals surface area (Å²) < 4.78 is 39.1. The number of ether oxygens (including phenoxy) is 6. The Morgan fingerprint density at radius 2 is 1.26 bits per heavy atom. The van der Waals surface area contributed by atoms with E-state index < -0.39 is 151 Å². The Balaban J connectivity index is 1.34. The van der Waals surface area contributed by atoms with Crippen molar-refractivity contribution in [2.45, 2.75) is 111 Å². The van der Waals surface area contributed by atoms with Gasteiger partial charge >= 0.3 is 0 Å². The van der Waals surface area contributed by atoms with Gasteiger partial charge in [-0.05, 0) is 37.3 Å². The molecular formula is C33H42O21. The van der Waals surface area contributed by atoms with Crippen LogP contribution in [0.4, 0.5) is 0 Å². The maximum absolute atomic E-state index is 14.2. The number of aliphatic hydroxyl groups is 12. The van der Waals surface area contributed by atoms with Crippen LogP contribution in [0.1, 0.15) is 6.92 Å². The molecule has 3 aliphatic heterocycles. The third-order valence-corrected chi connectivity index (χ3v) is 9.65. The van der Waals surface area contributed by atoms with E-state index in [0.717, 1.165) is 6.08 Å². The Labute approximate surface area is 303 Å². The molecule has 0 saturated carbocycles. The van der Waals surface area contributed by atoms with Gasteiger partial charge in [-0.1, -0.05) is 0 Å². The standard InChI is InChI=1S/C33H42O21/c1-9-17(37)22(42)25(45)31(49-9)48-8-15-19(39)24(44)27(47)33(52-15)54-30-21(41)16-13(50-28(30)10-2-4-11(35)5-3-10)6-12(36)29(20(16)40)53-32-26(46)23(43)18(38)14(7-34)51-32/h2-6,9,12,14-15,17-19,22-27,29,31-40,42-47H,7-8H2,1H3/t9-,12-,14+,15+,17-,18+,19+,22+,23-,24-,25+,26+,27+,29+,31-,32-,33-/m0/s1. The van der Waals surface area contributed by atoms with Gasteiger partial charge in [0.1, 0.15) is 101 Å². The van der Waals surface area contributed by atoms with Gasteiger partial charge in [-0.3, -0.25) is 4.79 Å². The van der Waals surface area contributed by atoms with Crippen LogP contribution >= 0.6 is 0 Å². The molecule has 17 atom stereocenters. The van der Waals surface area contributed by atoms with Gasteiger partial charge in [-0.2, -0.15) is 0 Å². The van der Waals surface area contributed by atoms with Crippen molar-refractivity contribution in [2.75, 3.05) is 13.2 Å². The lowest BCUT2D eigenvalue weighted by Gasteiger charge is -2.42. The first-order chi connectivity index (χ1) is 25.5. The smallest absolute Gasteiger partial charge is 0.238 e. The van der Waals surface area contributed by atoms with E-state index in [2.05, 4.69) is 0 Å². The normalized spacial score (nSPS) is 41.2. The first kappa shape index (κ1) is 40.3. The predicted molar refractivity (Wildman–Crippen MR) is 172 cm³/mol. The van der Waals surface area contributed by atoms with E-state index in [4.69, 9.17) is 32.8 Å². The first-order valence-electron chi connectivity index (χ1n) is 16.8. The number of hydrogen-bond acceptors (Lipinski definition) is 21. The number of benzene rings is 1. The summed E-state index contributed by atoms with van der Waals surface area (Å²) in [7, 11) is 0. The predicted octanol–water partition coefficient (Wildman–Crippen LogP) is -6.95. The lowest BCUT2D eigenvalue weighted by molar-refractivity contribution is -0.318. The summed E-state index contributed by atoms with van der Waals surface area (Å²) in [5.74, 6) is -2.34. The average Bonchev–Trinajstić information content (AvgIpc) is 3.14. The Hall–Kier alpha value is -3.33. The van der Waals surface area contributed by atoms with Gasteiger partial charge in [0.2, 0.25) is 17.5 Å². The molecule has 1 aromatic carbocycles. The number of phenols is 1. The lowest BCUT2D eigenvalue weighted by Crippen LogP contribution is -2.62. The molecule has 4 heterocycles. The summed E-state index contributed by atoms with van der Waals surface area (Å²) in [6.45, 7) is -0.0765. The Kier molecular flexibility index (Phi) is 12.0. The van der Waals surface area contributed by atoms with E-state index in [1.54, 1.807) is 0 Å². The fourth-order valence-corrected chi connectivity index (χ4v) is 6.43. The largest absolute Gasteiger partial charge is 0.508 e. The fourth-order valence-electron chi connectivity index (χ4n) is 6.43. The fraction of sp³-hybridized carbons (Fsp3) is 0.606. The molecule has 3 saturated heterocycles. The summed E-state index contributed by atoms with van der Waals surface area (Å²) in [5.41, 5.74) is -1.52. The second kappa shape index (κ2) is 16.0. The first-order valence-corrected chi connectivity index (χ1v) is 16.8. The number of fused-ring (bicyclic) bond motifs is 1. The molecule has 1 aliphatic carbocycles. The molecule has 3 fully saturated rings. The molecule has 2 aromatic rings. The van der Waals surface area contributed by atoms with Gasteiger partial charge in [0.25, 0.3) is 0 Å². The van der Waals surface area contributed by atoms with E-state index in [1.807, 2.05) is 0 Å². The summed E-state index contributed by atoms with van der Waals surface area (Å²) in [4.78, 5) is 14.2. The van der Waals surface area contributed by atoms with Crippen molar-refractivity contribution in [3.05, 3.63) is 45.1 Å². The molecule has 0 bridgehead atoms. The third-order valence-electron chi connectivity index (χ3n) is 9.65. The van der Waals surface area contributed by atoms with Crippen molar-refractivity contribution in [1.29, 1.82) is 0 Å². The molecule has 6 rings (SSSR count). The van der Waals surface area contributed by atoms with Gasteiger partial charge in [0, 0.05) is 5.56 Å². The van der Waals surface area contributed by atoms with Crippen molar-refractivity contribution in [1.82, 2.24) is 0 Å². The molecule has 21 nitrogen and oxygen atoms in total. The molecule has 4 aliphatic rings. The number of hydrogen-bond donors (Lipinski definition) is 13. The monoisotopic (exact) mass is 774 g/mol. The van der Waals surface area contributed by atoms with Crippen molar-refractivity contribution >= 4 is 11.8 Å². The van der Waals surface area contributed by atoms with E-state index >= 15 is 0 Å². The number of aliphatic hydroxyl groups excluding tert-OH is 12. The second-order valence-electron chi connectivity index (χ2n) is 13.3. The Morgan fingerprint density at radius 3 is 1.91 bits per heavy atom. The lowest BCUT2D eigenvalue weighted by atomic mass is 9.98. The highest BCUT2D eigenvalue weighted by atomic mass is 16.7. The summed E-state index contributed by atoms with van der Waals surface area (Å²) >= 11 is 0. The van der Waals surface area contributed by atoms with E-state index in [-0.39, 0.29) is 11.3 Å². The highest BCUT2D eigenvalue weighted by Gasteiger charge is 2.49. The highest BCUT2D eigenvalue weighted by molar-refractivity contribution is 5.66. The van der Waals surface area contributed by atoms with E-state index in [0.29, 0.717) is 0 Å². The van der Waals surface area contributed by atoms with E-state index in [1.165, 1.54) is 31.2 Å². The maximum atomic E-state index is 14.2. The van der Waals surface area contributed by atoms with Crippen molar-refractivity contribution in [3.8, 4) is 22.8 Å². The topological polar surface area (TPSA) is 349 Å². The SMILES string of the molecule is C[C@@H]1O[C@H](OC[C@H]2O[C@@H](Oc3c(-c4ccc(O)cc4)oc4c(c3=O)=C(O)[C@H](O[C@@H]3O[C@H](CO)[C@@H](O)[C@H](O)[C@H]3O)[C@@H](O)C=4)[C@H](O)[C@@H](O)[C@@H]2O)[C@H](O)[C@H](O)[C@H]1O. The zero-order valence-corrected chi connectivity index (χ0v) is 28.2. The molecule has 54 heavy (non-hydrogen) atoms. The van der Waals surface area contributed by atoms with Crippen molar-refractivity contribution < 1.29 is 99.2 Å². The van der Waals surface area contributed by atoms with E-state index in [9.17, 15) is 71.2 Å². The van der Waals surface area contributed by atoms with Crippen molar-refractivity contribution in [2.24, 2.45) is 0 Å². The Bertz CT molecular complexity index is 1800.